The van der Waals surface area contributed by atoms with Gasteiger partial charge in [-0.2, -0.15) is 0 Å². The Morgan fingerprint density at radius 1 is 1.55 bits per heavy atom. The van der Waals surface area contributed by atoms with Crippen molar-refractivity contribution in [3.05, 3.63) is 28.8 Å². The molecule has 0 aliphatic rings. The number of anilines is 2. The summed E-state index contributed by atoms with van der Waals surface area (Å²) in [6.45, 7) is 0.493. The Bertz CT molecular complexity index is 635. The van der Waals surface area contributed by atoms with E-state index >= 15 is 0 Å². The predicted octanol–water partition coefficient (Wildman–Crippen LogP) is 0.315. The first-order valence-corrected chi connectivity index (χ1v) is 6.29. The van der Waals surface area contributed by atoms with Crippen molar-refractivity contribution in [1.29, 1.82) is 0 Å². The van der Waals surface area contributed by atoms with Crippen LogP contribution in [-0.2, 0) is 4.74 Å². The molecule has 0 fully saturated rings. The van der Waals surface area contributed by atoms with Gasteiger partial charge in [0.05, 0.1) is 41.3 Å². The number of fused-ring (bicyclic) bond motifs is 1. The van der Waals surface area contributed by atoms with Gasteiger partial charge < -0.3 is 25.9 Å². The number of rotatable bonds is 6. The number of nitrogens with two attached hydrogens (primary N) is 1. The van der Waals surface area contributed by atoms with Crippen LogP contribution in [0.5, 0.6) is 0 Å². The number of hydrogen-bond acceptors (Lipinski definition) is 6. The quantitative estimate of drug-likeness (QED) is 0.566. The van der Waals surface area contributed by atoms with Crippen molar-refractivity contribution in [3.8, 4) is 0 Å². The molecule has 0 amide bonds. The number of hydrogen-bond donors (Lipinski definition) is 4. The smallest absolute Gasteiger partial charge is 0.258 e. The number of nitrogen functional groups attached to an aromatic ring is 1. The van der Waals surface area contributed by atoms with E-state index in [0.29, 0.717) is 35.3 Å². The van der Waals surface area contributed by atoms with E-state index in [1.54, 1.807) is 19.2 Å². The van der Waals surface area contributed by atoms with E-state index in [1.807, 2.05) is 0 Å². The molecule has 108 valence electrons. The van der Waals surface area contributed by atoms with Crippen LogP contribution in [0, 0.1) is 0 Å². The number of aromatic nitrogens is 2. The third-order valence-electron chi connectivity index (χ3n) is 3.02. The Labute approximate surface area is 115 Å². The lowest BCUT2D eigenvalue weighted by molar-refractivity contribution is 0.170. The van der Waals surface area contributed by atoms with E-state index in [2.05, 4.69) is 15.3 Å². The maximum atomic E-state index is 11.6. The standard InChI is InChI=1S/C13H18N4O3/c1-20-6-8(2-3-18)17-12-5-11-9(4-10(12)14)13(19)16-7-15-11/h4-5,7-8,17-18H,2-3,6,14H2,1H3,(H,15,16,19). The first-order valence-electron chi connectivity index (χ1n) is 6.29. The van der Waals surface area contributed by atoms with E-state index in [4.69, 9.17) is 15.6 Å². The molecule has 0 aliphatic heterocycles. The number of aliphatic hydroxyl groups is 1. The fourth-order valence-corrected chi connectivity index (χ4v) is 2.03. The lowest BCUT2D eigenvalue weighted by Gasteiger charge is -2.19. The number of nitrogens with zero attached hydrogens (tertiary/aromatic N) is 1. The Kier molecular flexibility index (Phi) is 4.54. The van der Waals surface area contributed by atoms with E-state index < -0.39 is 0 Å². The fourth-order valence-electron chi connectivity index (χ4n) is 2.03. The first-order chi connectivity index (χ1) is 9.65. The van der Waals surface area contributed by atoms with Gasteiger partial charge in [0.25, 0.3) is 5.56 Å². The van der Waals surface area contributed by atoms with Gasteiger partial charge in [-0.15, -0.1) is 0 Å². The molecule has 0 bridgehead atoms. The van der Waals surface area contributed by atoms with Crippen molar-refractivity contribution in [3.63, 3.8) is 0 Å². The van der Waals surface area contributed by atoms with Crippen molar-refractivity contribution in [1.82, 2.24) is 9.97 Å². The van der Waals surface area contributed by atoms with Crippen molar-refractivity contribution >= 4 is 22.3 Å². The molecule has 0 saturated carbocycles. The molecule has 2 rings (SSSR count). The predicted molar refractivity (Wildman–Crippen MR) is 77.8 cm³/mol. The van der Waals surface area contributed by atoms with Crippen molar-refractivity contribution < 1.29 is 9.84 Å². The SMILES string of the molecule is COCC(CCO)Nc1cc2nc[nH]c(=O)c2cc1N. The zero-order valence-corrected chi connectivity index (χ0v) is 11.2. The molecule has 7 heteroatoms. The molecule has 0 saturated heterocycles. The van der Waals surface area contributed by atoms with Crippen LogP contribution in [0.15, 0.2) is 23.3 Å². The van der Waals surface area contributed by atoms with Gasteiger partial charge in [-0.3, -0.25) is 4.79 Å². The lowest BCUT2D eigenvalue weighted by atomic mass is 10.1. The second kappa shape index (κ2) is 6.36. The van der Waals surface area contributed by atoms with Gasteiger partial charge in [0.1, 0.15) is 0 Å². The average Bonchev–Trinajstić information content (AvgIpc) is 2.41. The maximum Gasteiger partial charge on any atom is 0.258 e. The van der Waals surface area contributed by atoms with Gasteiger partial charge in [-0.05, 0) is 18.6 Å². The number of aromatic amines is 1. The molecule has 5 N–H and O–H groups in total. The lowest BCUT2D eigenvalue weighted by Crippen LogP contribution is -2.26. The highest BCUT2D eigenvalue weighted by atomic mass is 16.5. The molecule has 1 aromatic carbocycles. The summed E-state index contributed by atoms with van der Waals surface area (Å²) in [5.74, 6) is 0. The fraction of sp³-hybridized carbons (Fsp3) is 0.385. The van der Waals surface area contributed by atoms with Crippen LogP contribution < -0.4 is 16.6 Å². The topological polar surface area (TPSA) is 113 Å². The van der Waals surface area contributed by atoms with E-state index in [0.717, 1.165) is 0 Å². The Morgan fingerprint density at radius 2 is 2.35 bits per heavy atom. The summed E-state index contributed by atoms with van der Waals surface area (Å²) in [4.78, 5) is 18.3. The number of H-pyrrole nitrogens is 1. The molecule has 7 nitrogen and oxygen atoms in total. The van der Waals surface area contributed by atoms with Crippen LogP contribution >= 0.6 is 0 Å². The summed E-state index contributed by atoms with van der Waals surface area (Å²) in [5.41, 5.74) is 7.41. The number of benzene rings is 1. The van der Waals surface area contributed by atoms with Gasteiger partial charge >= 0.3 is 0 Å². The summed E-state index contributed by atoms with van der Waals surface area (Å²) < 4.78 is 5.09. The van der Waals surface area contributed by atoms with Gasteiger partial charge in [-0.25, -0.2) is 4.98 Å². The van der Waals surface area contributed by atoms with Crippen LogP contribution in [0.25, 0.3) is 10.9 Å². The van der Waals surface area contributed by atoms with Gasteiger partial charge in [-0.1, -0.05) is 0 Å². The summed E-state index contributed by atoms with van der Waals surface area (Å²) >= 11 is 0. The first kappa shape index (κ1) is 14.3. The molecular weight excluding hydrogens is 260 g/mol. The monoisotopic (exact) mass is 278 g/mol. The van der Waals surface area contributed by atoms with Crippen LogP contribution in [0.3, 0.4) is 0 Å². The van der Waals surface area contributed by atoms with Crippen LogP contribution in [0.4, 0.5) is 11.4 Å². The molecule has 2 aromatic rings. The van der Waals surface area contributed by atoms with Crippen molar-refractivity contribution in [2.24, 2.45) is 0 Å². The molecule has 0 radical (unpaired) electrons. The minimum Gasteiger partial charge on any atom is -0.397 e. The van der Waals surface area contributed by atoms with Crippen LogP contribution in [0.2, 0.25) is 0 Å². The van der Waals surface area contributed by atoms with E-state index in [1.165, 1.54) is 6.33 Å². The average molecular weight is 278 g/mol. The summed E-state index contributed by atoms with van der Waals surface area (Å²) in [6.07, 6.45) is 1.89. The molecule has 1 atom stereocenters. The third kappa shape index (κ3) is 3.06. The van der Waals surface area contributed by atoms with E-state index in [-0.39, 0.29) is 18.2 Å². The molecule has 0 spiro atoms. The minimum atomic E-state index is -0.225. The zero-order chi connectivity index (χ0) is 14.5. The molecule has 0 aliphatic carbocycles. The molecule has 1 aromatic heterocycles. The van der Waals surface area contributed by atoms with Crippen LogP contribution in [-0.4, -0.2) is 41.4 Å². The molecular formula is C13H18N4O3. The largest absolute Gasteiger partial charge is 0.397 e. The normalized spacial score (nSPS) is 12.5. The number of nitrogens with one attached hydrogen (secondary N) is 2. The number of ether oxygens (including phenoxy) is 1. The molecule has 20 heavy (non-hydrogen) atoms. The Morgan fingerprint density at radius 3 is 3.05 bits per heavy atom. The second-order valence-electron chi connectivity index (χ2n) is 4.50. The highest BCUT2D eigenvalue weighted by Gasteiger charge is 2.11. The zero-order valence-electron chi connectivity index (χ0n) is 11.2. The minimum absolute atomic E-state index is 0.0480. The molecule has 1 unspecified atom stereocenters. The van der Waals surface area contributed by atoms with Crippen molar-refractivity contribution in [2.45, 2.75) is 12.5 Å². The Hall–Kier alpha value is -2.12. The van der Waals surface area contributed by atoms with E-state index in [9.17, 15) is 4.79 Å². The highest BCUT2D eigenvalue weighted by Crippen LogP contribution is 2.24. The molecule has 1 heterocycles. The summed E-state index contributed by atoms with van der Waals surface area (Å²) in [6, 6.07) is 3.25. The highest BCUT2D eigenvalue weighted by molar-refractivity contribution is 5.88. The Balaban J connectivity index is 2.34. The number of aliphatic hydroxyl groups excluding tert-OH is 1. The second-order valence-corrected chi connectivity index (χ2v) is 4.50. The van der Waals surface area contributed by atoms with Crippen LogP contribution in [0.1, 0.15) is 6.42 Å². The van der Waals surface area contributed by atoms with Crippen molar-refractivity contribution in [2.75, 3.05) is 31.4 Å². The van der Waals surface area contributed by atoms with Gasteiger partial charge in [0.15, 0.2) is 0 Å². The third-order valence-corrected chi connectivity index (χ3v) is 3.02. The maximum absolute atomic E-state index is 11.6. The number of methoxy groups -OCH3 is 1. The van der Waals surface area contributed by atoms with Gasteiger partial charge in [0.2, 0.25) is 0 Å². The van der Waals surface area contributed by atoms with Gasteiger partial charge in [0, 0.05) is 13.7 Å². The summed E-state index contributed by atoms with van der Waals surface area (Å²) in [5, 5.41) is 12.7. The summed E-state index contributed by atoms with van der Waals surface area (Å²) in [7, 11) is 1.59.